The molecule has 0 unspecified atom stereocenters. The zero-order chi connectivity index (χ0) is 13.3. The summed E-state index contributed by atoms with van der Waals surface area (Å²) in [6.45, 7) is 0.754. The third-order valence-electron chi connectivity index (χ3n) is 3.90. The fraction of sp³-hybridized carbons (Fsp3) is 0.429. The molecule has 3 rings (SSSR count). The first-order valence-electron chi connectivity index (χ1n) is 6.54. The number of nitrogens with zero attached hydrogens (tertiary/aromatic N) is 2. The van der Waals surface area contributed by atoms with Crippen LogP contribution in [0.5, 0.6) is 0 Å². The lowest BCUT2D eigenvalue weighted by atomic mass is 9.80. The number of para-hydroxylation sites is 1. The number of ether oxygens (including phenoxy) is 1. The number of anilines is 2. The van der Waals surface area contributed by atoms with Gasteiger partial charge in [-0.1, -0.05) is 12.1 Å². The van der Waals surface area contributed by atoms with E-state index in [-0.39, 0.29) is 5.60 Å². The molecule has 1 aliphatic carbocycles. The number of aromatic nitrogens is 2. The maximum Gasteiger partial charge on any atom is 0.222 e. The Kier molecular flexibility index (Phi) is 2.98. The van der Waals surface area contributed by atoms with Gasteiger partial charge in [-0.05, 0) is 31.4 Å². The molecule has 1 saturated carbocycles. The summed E-state index contributed by atoms with van der Waals surface area (Å²) < 4.78 is 5.60. The minimum atomic E-state index is -0.0409. The molecule has 0 bridgehead atoms. The molecule has 1 heterocycles. The third kappa shape index (κ3) is 2.21. The lowest BCUT2D eigenvalue weighted by Gasteiger charge is -2.40. The van der Waals surface area contributed by atoms with E-state index < -0.39 is 0 Å². The molecule has 100 valence electrons. The number of fused-ring (bicyclic) bond motifs is 1. The van der Waals surface area contributed by atoms with Gasteiger partial charge in [-0.2, -0.15) is 4.98 Å². The maximum absolute atomic E-state index is 5.75. The number of hydrogen-bond acceptors (Lipinski definition) is 5. The molecule has 2 aromatic rings. The van der Waals surface area contributed by atoms with E-state index in [1.54, 1.807) is 7.11 Å². The van der Waals surface area contributed by atoms with Crippen molar-refractivity contribution in [3.8, 4) is 0 Å². The molecular weight excluding hydrogens is 240 g/mol. The first-order chi connectivity index (χ1) is 9.22. The van der Waals surface area contributed by atoms with Crippen LogP contribution in [0.2, 0.25) is 0 Å². The van der Waals surface area contributed by atoms with Crippen LogP contribution in [0.15, 0.2) is 24.3 Å². The average molecular weight is 258 g/mol. The molecule has 1 aromatic carbocycles. The minimum absolute atomic E-state index is 0.0409. The van der Waals surface area contributed by atoms with Gasteiger partial charge in [-0.3, -0.25) is 0 Å². The van der Waals surface area contributed by atoms with E-state index in [1.807, 2.05) is 24.3 Å². The van der Waals surface area contributed by atoms with Gasteiger partial charge in [-0.25, -0.2) is 4.98 Å². The molecule has 0 aliphatic heterocycles. The van der Waals surface area contributed by atoms with Gasteiger partial charge < -0.3 is 15.8 Å². The highest BCUT2D eigenvalue weighted by atomic mass is 16.5. The Morgan fingerprint density at radius 2 is 2.11 bits per heavy atom. The highest BCUT2D eigenvalue weighted by Gasteiger charge is 2.36. The number of nitrogen functional groups attached to an aromatic ring is 1. The van der Waals surface area contributed by atoms with Crippen LogP contribution < -0.4 is 11.1 Å². The standard InChI is InChI=1S/C14H18N4O/c1-19-14(7-4-8-14)9-16-12-10-5-2-3-6-11(10)17-13(15)18-12/h2-3,5-6H,4,7-9H2,1H3,(H3,15,16,17,18). The van der Waals surface area contributed by atoms with Gasteiger partial charge >= 0.3 is 0 Å². The number of rotatable bonds is 4. The molecule has 0 amide bonds. The van der Waals surface area contributed by atoms with Crippen molar-refractivity contribution in [3.05, 3.63) is 24.3 Å². The molecule has 1 fully saturated rings. The van der Waals surface area contributed by atoms with Crippen molar-refractivity contribution in [2.75, 3.05) is 24.7 Å². The van der Waals surface area contributed by atoms with Crippen LogP contribution in [-0.4, -0.2) is 29.2 Å². The topological polar surface area (TPSA) is 73.1 Å². The van der Waals surface area contributed by atoms with Crippen LogP contribution in [0.25, 0.3) is 10.9 Å². The summed E-state index contributed by atoms with van der Waals surface area (Å²) in [5.74, 6) is 1.08. The Morgan fingerprint density at radius 1 is 1.32 bits per heavy atom. The average Bonchev–Trinajstić information content (AvgIpc) is 2.37. The van der Waals surface area contributed by atoms with Crippen LogP contribution in [0, 0.1) is 0 Å². The normalized spacial score (nSPS) is 17.1. The fourth-order valence-corrected chi connectivity index (χ4v) is 2.50. The summed E-state index contributed by atoms with van der Waals surface area (Å²) in [5, 5.41) is 4.35. The highest BCUT2D eigenvalue weighted by molar-refractivity contribution is 5.89. The van der Waals surface area contributed by atoms with E-state index in [9.17, 15) is 0 Å². The second kappa shape index (κ2) is 4.66. The lowest BCUT2D eigenvalue weighted by molar-refractivity contribution is -0.0601. The van der Waals surface area contributed by atoms with Crippen molar-refractivity contribution in [1.82, 2.24) is 9.97 Å². The van der Waals surface area contributed by atoms with Gasteiger partial charge in [0.2, 0.25) is 5.95 Å². The molecular formula is C14H18N4O. The quantitative estimate of drug-likeness (QED) is 0.879. The second-order valence-electron chi connectivity index (χ2n) is 5.04. The van der Waals surface area contributed by atoms with Crippen LogP contribution in [0.4, 0.5) is 11.8 Å². The predicted octanol–water partition coefficient (Wildman–Crippen LogP) is 2.19. The van der Waals surface area contributed by atoms with Gasteiger partial charge in [0.1, 0.15) is 5.82 Å². The molecule has 5 nitrogen and oxygen atoms in total. The first kappa shape index (κ1) is 12.2. The number of nitrogens with two attached hydrogens (primary N) is 1. The van der Waals surface area contributed by atoms with Crippen LogP contribution >= 0.6 is 0 Å². The summed E-state index contributed by atoms with van der Waals surface area (Å²) in [6.07, 6.45) is 3.41. The molecule has 0 saturated heterocycles. The highest BCUT2D eigenvalue weighted by Crippen LogP contribution is 2.35. The molecule has 1 aromatic heterocycles. The van der Waals surface area contributed by atoms with Crippen molar-refractivity contribution in [2.45, 2.75) is 24.9 Å². The van der Waals surface area contributed by atoms with Crippen LogP contribution in [0.1, 0.15) is 19.3 Å². The summed E-state index contributed by atoms with van der Waals surface area (Å²) >= 11 is 0. The van der Waals surface area contributed by atoms with E-state index in [0.717, 1.165) is 36.1 Å². The molecule has 0 radical (unpaired) electrons. The van der Waals surface area contributed by atoms with Crippen LogP contribution in [-0.2, 0) is 4.74 Å². The number of benzene rings is 1. The Labute approximate surface area is 112 Å². The van der Waals surface area contributed by atoms with Crippen LogP contribution in [0.3, 0.4) is 0 Å². The van der Waals surface area contributed by atoms with Gasteiger partial charge in [0.25, 0.3) is 0 Å². The minimum Gasteiger partial charge on any atom is -0.376 e. The molecule has 0 atom stereocenters. The van der Waals surface area contributed by atoms with Gasteiger partial charge in [-0.15, -0.1) is 0 Å². The van der Waals surface area contributed by atoms with E-state index in [2.05, 4.69) is 15.3 Å². The maximum atomic E-state index is 5.75. The summed E-state index contributed by atoms with van der Waals surface area (Å²) in [6, 6.07) is 7.86. The van der Waals surface area contributed by atoms with Crippen molar-refractivity contribution in [1.29, 1.82) is 0 Å². The molecule has 5 heteroatoms. The van der Waals surface area contributed by atoms with Crippen molar-refractivity contribution in [3.63, 3.8) is 0 Å². The predicted molar refractivity (Wildman–Crippen MR) is 76.0 cm³/mol. The van der Waals surface area contributed by atoms with Crippen molar-refractivity contribution in [2.24, 2.45) is 0 Å². The number of nitrogens with one attached hydrogen (secondary N) is 1. The van der Waals surface area contributed by atoms with E-state index in [0.29, 0.717) is 5.95 Å². The Hall–Kier alpha value is -1.88. The zero-order valence-corrected chi connectivity index (χ0v) is 11.0. The van der Waals surface area contributed by atoms with E-state index in [1.165, 1.54) is 6.42 Å². The van der Waals surface area contributed by atoms with Crippen molar-refractivity contribution < 1.29 is 4.74 Å². The summed E-state index contributed by atoms with van der Waals surface area (Å²) in [7, 11) is 1.77. The van der Waals surface area contributed by atoms with Crippen molar-refractivity contribution >= 4 is 22.7 Å². The molecule has 3 N–H and O–H groups in total. The molecule has 0 spiro atoms. The number of methoxy groups -OCH3 is 1. The first-order valence-corrected chi connectivity index (χ1v) is 6.54. The monoisotopic (exact) mass is 258 g/mol. The third-order valence-corrected chi connectivity index (χ3v) is 3.90. The fourth-order valence-electron chi connectivity index (χ4n) is 2.50. The molecule has 19 heavy (non-hydrogen) atoms. The summed E-state index contributed by atoms with van der Waals surface area (Å²) in [5.41, 5.74) is 6.57. The van der Waals surface area contributed by atoms with E-state index in [4.69, 9.17) is 10.5 Å². The Morgan fingerprint density at radius 3 is 2.79 bits per heavy atom. The Balaban J connectivity index is 1.88. The van der Waals surface area contributed by atoms with Gasteiger partial charge in [0, 0.05) is 19.0 Å². The molecule has 1 aliphatic rings. The zero-order valence-electron chi connectivity index (χ0n) is 11.0. The van der Waals surface area contributed by atoms with E-state index >= 15 is 0 Å². The van der Waals surface area contributed by atoms with Gasteiger partial charge in [0.15, 0.2) is 0 Å². The SMILES string of the molecule is COC1(CNc2nc(N)nc3ccccc23)CCC1. The number of hydrogen-bond donors (Lipinski definition) is 2. The Bertz CT molecular complexity index is 590. The largest absolute Gasteiger partial charge is 0.376 e. The van der Waals surface area contributed by atoms with Gasteiger partial charge in [0.05, 0.1) is 11.1 Å². The second-order valence-corrected chi connectivity index (χ2v) is 5.04. The summed E-state index contributed by atoms with van der Waals surface area (Å²) in [4.78, 5) is 8.53. The lowest BCUT2D eigenvalue weighted by Crippen LogP contribution is -2.45. The smallest absolute Gasteiger partial charge is 0.222 e.